The molecule has 0 aliphatic carbocycles. The van der Waals surface area contributed by atoms with Gasteiger partial charge in [0.15, 0.2) is 5.78 Å². The first-order valence-electron chi connectivity index (χ1n) is 6.97. The van der Waals surface area contributed by atoms with Gasteiger partial charge in [-0.2, -0.15) is 5.10 Å². The summed E-state index contributed by atoms with van der Waals surface area (Å²) in [6.07, 6.45) is 2.47. The van der Waals surface area contributed by atoms with Crippen LogP contribution in [0.2, 0.25) is 0 Å². The summed E-state index contributed by atoms with van der Waals surface area (Å²) >= 11 is 0. The second-order valence-electron chi connectivity index (χ2n) is 5.13. The molecule has 0 amide bonds. The second-order valence-corrected chi connectivity index (χ2v) is 5.13. The van der Waals surface area contributed by atoms with Crippen LogP contribution in [0.4, 0.5) is 5.82 Å². The van der Waals surface area contributed by atoms with E-state index in [4.69, 9.17) is 0 Å². The molecule has 1 aliphatic rings. The molecule has 21 heavy (non-hydrogen) atoms. The number of aromatic nitrogens is 2. The van der Waals surface area contributed by atoms with E-state index < -0.39 is 0 Å². The van der Waals surface area contributed by atoms with Crippen molar-refractivity contribution in [2.24, 2.45) is 0 Å². The molecule has 1 aromatic heterocycles. The summed E-state index contributed by atoms with van der Waals surface area (Å²) in [5.41, 5.74) is 1.83. The molecule has 0 saturated carbocycles. The van der Waals surface area contributed by atoms with Crippen LogP contribution in [0.1, 0.15) is 35.4 Å². The van der Waals surface area contributed by atoms with Gasteiger partial charge in [-0.25, -0.2) is 4.68 Å². The van der Waals surface area contributed by atoms with Gasteiger partial charge < -0.3 is 10.4 Å². The van der Waals surface area contributed by atoms with Crippen molar-refractivity contribution in [1.29, 1.82) is 0 Å². The van der Waals surface area contributed by atoms with Gasteiger partial charge in [0.05, 0.1) is 17.3 Å². The number of nitrogens with one attached hydrogen (secondary N) is 1. The van der Waals surface area contributed by atoms with Crippen molar-refractivity contribution in [3.8, 4) is 5.75 Å². The molecule has 0 bridgehead atoms. The first-order chi connectivity index (χ1) is 10.1. The number of carbonyl (C=O) groups is 1. The van der Waals surface area contributed by atoms with E-state index >= 15 is 0 Å². The number of phenolic OH excluding ortho intramolecular Hbond substituents is 1. The van der Waals surface area contributed by atoms with Crippen LogP contribution < -0.4 is 5.32 Å². The molecule has 1 aliphatic heterocycles. The lowest BCUT2D eigenvalue weighted by atomic mass is 9.95. The number of anilines is 1. The first-order valence-corrected chi connectivity index (χ1v) is 6.97. The number of Topliss-reactive ketones (excluding diaryl/α,β-unsaturated/α-hetero) is 1. The van der Waals surface area contributed by atoms with Crippen LogP contribution in [0, 0.1) is 6.92 Å². The molecule has 108 valence electrons. The Kier molecular flexibility index (Phi) is 3.25. The number of fused-ring (bicyclic) bond motifs is 1. The molecule has 1 aromatic carbocycles. The molecule has 3 rings (SSSR count). The summed E-state index contributed by atoms with van der Waals surface area (Å²) in [5, 5.41) is 17.4. The van der Waals surface area contributed by atoms with Crippen LogP contribution in [0.15, 0.2) is 42.1 Å². The Morgan fingerprint density at radius 2 is 2.19 bits per heavy atom. The number of nitrogens with zero attached hydrogens (tertiary/aromatic N) is 2. The molecule has 2 aromatic rings. The maximum atomic E-state index is 12.7. The predicted molar refractivity (Wildman–Crippen MR) is 80.4 cm³/mol. The second kappa shape index (κ2) is 5.09. The van der Waals surface area contributed by atoms with Gasteiger partial charge in [-0.3, -0.25) is 4.79 Å². The Morgan fingerprint density at radius 1 is 1.43 bits per heavy atom. The minimum atomic E-state index is -0.175. The van der Waals surface area contributed by atoms with Crippen molar-refractivity contribution in [2.45, 2.75) is 26.3 Å². The molecule has 2 N–H and O–H groups in total. The smallest absolute Gasteiger partial charge is 0.196 e. The monoisotopic (exact) mass is 283 g/mol. The van der Waals surface area contributed by atoms with Gasteiger partial charge in [0, 0.05) is 17.8 Å². The van der Waals surface area contributed by atoms with Crippen LogP contribution >= 0.6 is 0 Å². The number of hydrogen-bond acceptors (Lipinski definition) is 4. The summed E-state index contributed by atoms with van der Waals surface area (Å²) in [4.78, 5) is 12.7. The van der Waals surface area contributed by atoms with Crippen LogP contribution in [-0.4, -0.2) is 20.7 Å². The summed E-state index contributed by atoms with van der Waals surface area (Å²) in [6.45, 7) is 3.94. The number of allylic oxidation sites excluding steroid dienone is 1. The molecule has 1 atom stereocenters. The zero-order chi connectivity index (χ0) is 15.0. The highest BCUT2D eigenvalue weighted by Crippen LogP contribution is 2.33. The van der Waals surface area contributed by atoms with Gasteiger partial charge in [0.2, 0.25) is 0 Å². The molecular weight excluding hydrogens is 266 g/mol. The van der Waals surface area contributed by atoms with Crippen molar-refractivity contribution in [3.05, 3.63) is 53.4 Å². The topological polar surface area (TPSA) is 67.2 Å². The average molecular weight is 283 g/mol. The van der Waals surface area contributed by atoms with E-state index in [-0.39, 0.29) is 17.6 Å². The van der Waals surface area contributed by atoms with Crippen LogP contribution in [0.3, 0.4) is 0 Å². The predicted octanol–water partition coefficient (Wildman–Crippen LogP) is 3.04. The molecule has 5 nitrogen and oxygen atoms in total. The zero-order valence-corrected chi connectivity index (χ0v) is 12.0. The molecule has 2 heterocycles. The minimum Gasteiger partial charge on any atom is -0.507 e. The number of aryl methyl sites for hydroxylation is 1. The molecular formula is C16H17N3O2. The number of hydrogen-bond donors (Lipinski definition) is 2. The number of para-hydroxylation sites is 1. The fraction of sp³-hybridized carbons (Fsp3) is 0.250. The molecule has 5 heteroatoms. The Hall–Kier alpha value is -2.56. The van der Waals surface area contributed by atoms with Crippen LogP contribution in [-0.2, 0) is 0 Å². The lowest BCUT2D eigenvalue weighted by molar-refractivity contribution is 0.101. The molecule has 0 spiro atoms. The van der Waals surface area contributed by atoms with Crippen molar-refractivity contribution in [2.75, 3.05) is 5.32 Å². The van der Waals surface area contributed by atoms with Crippen molar-refractivity contribution < 1.29 is 9.90 Å². The molecule has 0 fully saturated rings. The average Bonchev–Trinajstić information content (AvgIpc) is 2.86. The number of benzene rings is 1. The molecule has 1 unspecified atom stereocenters. The maximum Gasteiger partial charge on any atom is 0.196 e. The molecule has 0 saturated heterocycles. The van der Waals surface area contributed by atoms with Crippen molar-refractivity contribution in [3.63, 3.8) is 0 Å². The zero-order valence-electron chi connectivity index (χ0n) is 12.0. The summed E-state index contributed by atoms with van der Waals surface area (Å²) < 4.78 is 1.84. The van der Waals surface area contributed by atoms with Gasteiger partial charge in [-0.05, 0) is 25.5 Å². The summed E-state index contributed by atoms with van der Waals surface area (Å²) in [5.74, 6) is 0.708. The Bertz CT molecular complexity index is 731. The first kappa shape index (κ1) is 13.4. The van der Waals surface area contributed by atoms with E-state index in [0.717, 1.165) is 17.9 Å². The Balaban J connectivity index is 2.01. The maximum absolute atomic E-state index is 12.7. The summed E-state index contributed by atoms with van der Waals surface area (Å²) in [7, 11) is 0. The fourth-order valence-corrected chi connectivity index (χ4v) is 2.67. The van der Waals surface area contributed by atoms with E-state index in [1.807, 2.05) is 24.6 Å². The third-order valence-electron chi connectivity index (χ3n) is 3.69. The Labute approximate surface area is 122 Å². The summed E-state index contributed by atoms with van der Waals surface area (Å²) in [6, 6.07) is 8.42. The third kappa shape index (κ3) is 2.20. The van der Waals surface area contributed by atoms with E-state index in [1.54, 1.807) is 24.4 Å². The number of phenols is 1. The number of rotatable bonds is 3. The van der Waals surface area contributed by atoms with Crippen LogP contribution in [0.25, 0.3) is 0 Å². The van der Waals surface area contributed by atoms with E-state index in [9.17, 15) is 9.90 Å². The highest BCUT2D eigenvalue weighted by atomic mass is 16.3. The van der Waals surface area contributed by atoms with Gasteiger partial charge in [-0.15, -0.1) is 0 Å². The third-order valence-corrected chi connectivity index (χ3v) is 3.69. The van der Waals surface area contributed by atoms with E-state index in [0.29, 0.717) is 11.1 Å². The fourth-order valence-electron chi connectivity index (χ4n) is 2.67. The van der Waals surface area contributed by atoms with Gasteiger partial charge in [-0.1, -0.05) is 19.1 Å². The lowest BCUT2D eigenvalue weighted by Crippen LogP contribution is -2.24. The van der Waals surface area contributed by atoms with E-state index in [2.05, 4.69) is 10.4 Å². The SMILES string of the molecule is CCC1C(C(=O)c2ccccc2O)=CNc2cc(C)nn21. The van der Waals surface area contributed by atoms with Gasteiger partial charge >= 0.3 is 0 Å². The molecule has 0 radical (unpaired) electrons. The van der Waals surface area contributed by atoms with Crippen LogP contribution in [0.5, 0.6) is 5.75 Å². The normalized spacial score (nSPS) is 16.9. The largest absolute Gasteiger partial charge is 0.507 e. The number of carbonyl (C=O) groups excluding carboxylic acids is 1. The van der Waals surface area contributed by atoms with Crippen molar-refractivity contribution >= 4 is 11.6 Å². The number of ketones is 1. The van der Waals surface area contributed by atoms with Gasteiger partial charge in [0.1, 0.15) is 11.6 Å². The van der Waals surface area contributed by atoms with Crippen molar-refractivity contribution in [1.82, 2.24) is 9.78 Å². The highest BCUT2D eigenvalue weighted by Gasteiger charge is 2.29. The van der Waals surface area contributed by atoms with E-state index in [1.165, 1.54) is 6.07 Å². The highest BCUT2D eigenvalue weighted by molar-refractivity contribution is 6.11. The minimum absolute atomic E-state index is 0.000644. The standard InChI is InChI=1S/C16H17N3O2/c1-3-13-12(9-17-15-8-10(2)18-19(13)15)16(21)11-6-4-5-7-14(11)20/h4-9,13,17,20H,3H2,1-2H3. The lowest BCUT2D eigenvalue weighted by Gasteiger charge is -2.25. The Morgan fingerprint density at radius 3 is 2.90 bits per heavy atom. The van der Waals surface area contributed by atoms with Gasteiger partial charge in [0.25, 0.3) is 0 Å². The number of aromatic hydroxyl groups is 1. The quantitative estimate of drug-likeness (QED) is 0.850.